The number of rotatable bonds is 4. The van der Waals surface area contributed by atoms with Crippen molar-refractivity contribution in [3.05, 3.63) is 30.1 Å². The van der Waals surface area contributed by atoms with Crippen molar-refractivity contribution in [2.24, 2.45) is 11.7 Å². The van der Waals surface area contributed by atoms with Gasteiger partial charge in [-0.2, -0.15) is 0 Å². The van der Waals surface area contributed by atoms with E-state index in [0.29, 0.717) is 0 Å². The lowest BCUT2D eigenvalue weighted by molar-refractivity contribution is 0.453. The van der Waals surface area contributed by atoms with E-state index in [-0.39, 0.29) is 30.9 Å². The highest BCUT2D eigenvalue weighted by Crippen LogP contribution is 2.30. The Bertz CT molecular complexity index is 287. The molecule has 0 radical (unpaired) electrons. The zero-order valence-corrected chi connectivity index (χ0v) is 11.7. The van der Waals surface area contributed by atoms with E-state index >= 15 is 0 Å². The Kier molecular flexibility index (Phi) is 8.57. The summed E-state index contributed by atoms with van der Waals surface area (Å²) in [6, 6.07) is 4.22. The van der Waals surface area contributed by atoms with Crippen molar-refractivity contribution in [2.75, 3.05) is 0 Å². The maximum atomic E-state index is 6.13. The topological polar surface area (TPSA) is 38.9 Å². The van der Waals surface area contributed by atoms with Gasteiger partial charge < -0.3 is 5.73 Å². The summed E-state index contributed by atoms with van der Waals surface area (Å²) in [7, 11) is 0. The Labute approximate surface area is 116 Å². The van der Waals surface area contributed by atoms with Gasteiger partial charge in [-0.05, 0) is 30.4 Å². The van der Waals surface area contributed by atoms with Gasteiger partial charge >= 0.3 is 0 Å². The minimum Gasteiger partial charge on any atom is -0.324 e. The van der Waals surface area contributed by atoms with Gasteiger partial charge in [0, 0.05) is 18.4 Å². The fourth-order valence-corrected chi connectivity index (χ4v) is 2.48. The summed E-state index contributed by atoms with van der Waals surface area (Å²) in [5.41, 5.74) is 7.31. The van der Waals surface area contributed by atoms with Crippen LogP contribution in [0.5, 0.6) is 0 Å². The molecule has 4 heteroatoms. The SMILES string of the molecule is Cl.Cl.NC(CCC1CCCC1)c1cccnc1. The van der Waals surface area contributed by atoms with Crippen LogP contribution in [0.1, 0.15) is 50.1 Å². The number of aromatic nitrogens is 1. The number of hydrogen-bond acceptors (Lipinski definition) is 2. The second kappa shape index (κ2) is 8.73. The van der Waals surface area contributed by atoms with Crippen molar-refractivity contribution >= 4 is 24.8 Å². The van der Waals surface area contributed by atoms with E-state index < -0.39 is 0 Å². The summed E-state index contributed by atoms with van der Waals surface area (Å²) >= 11 is 0. The third-order valence-corrected chi connectivity index (χ3v) is 3.47. The summed E-state index contributed by atoms with van der Waals surface area (Å²) in [5, 5.41) is 0. The second-order valence-electron chi connectivity index (χ2n) is 4.62. The standard InChI is InChI=1S/C13H20N2.2ClH/c14-13(12-6-3-9-15-10-12)8-7-11-4-1-2-5-11;;/h3,6,9-11,13H,1-2,4-5,7-8,14H2;2*1H. The molecule has 1 aromatic heterocycles. The predicted molar refractivity (Wildman–Crippen MR) is 76.9 cm³/mol. The van der Waals surface area contributed by atoms with Crippen LogP contribution >= 0.6 is 24.8 Å². The van der Waals surface area contributed by atoms with E-state index in [0.717, 1.165) is 12.3 Å². The highest BCUT2D eigenvalue weighted by molar-refractivity contribution is 5.85. The molecule has 2 N–H and O–H groups in total. The van der Waals surface area contributed by atoms with Gasteiger partial charge in [0.25, 0.3) is 0 Å². The summed E-state index contributed by atoms with van der Waals surface area (Å²) < 4.78 is 0. The van der Waals surface area contributed by atoms with Crippen LogP contribution in [0, 0.1) is 5.92 Å². The molecular formula is C13H22Cl2N2. The minimum atomic E-state index is 0. The smallest absolute Gasteiger partial charge is 0.0315 e. The van der Waals surface area contributed by atoms with Crippen molar-refractivity contribution < 1.29 is 0 Å². The van der Waals surface area contributed by atoms with Gasteiger partial charge in [-0.25, -0.2) is 0 Å². The average Bonchev–Trinajstić information content (AvgIpc) is 2.80. The fraction of sp³-hybridized carbons (Fsp3) is 0.615. The Hall–Kier alpha value is -0.310. The van der Waals surface area contributed by atoms with Crippen LogP contribution in [0.4, 0.5) is 0 Å². The Morgan fingerprint density at radius 2 is 2.00 bits per heavy atom. The first-order valence-electron chi connectivity index (χ1n) is 6.02. The molecule has 0 spiro atoms. The molecule has 0 aliphatic heterocycles. The highest BCUT2D eigenvalue weighted by atomic mass is 35.5. The minimum absolute atomic E-state index is 0. The summed E-state index contributed by atoms with van der Waals surface area (Å²) in [5.74, 6) is 0.938. The summed E-state index contributed by atoms with van der Waals surface area (Å²) in [6.07, 6.45) is 11.8. The number of hydrogen-bond donors (Lipinski definition) is 1. The quantitative estimate of drug-likeness (QED) is 0.906. The monoisotopic (exact) mass is 276 g/mol. The van der Waals surface area contributed by atoms with Crippen molar-refractivity contribution in [1.29, 1.82) is 0 Å². The molecular weight excluding hydrogens is 255 g/mol. The van der Waals surface area contributed by atoms with Crippen LogP contribution in [-0.4, -0.2) is 4.98 Å². The first-order chi connectivity index (χ1) is 7.36. The maximum absolute atomic E-state index is 6.13. The number of halogens is 2. The molecule has 0 bridgehead atoms. The fourth-order valence-electron chi connectivity index (χ4n) is 2.48. The molecule has 1 unspecified atom stereocenters. The van der Waals surface area contributed by atoms with Gasteiger partial charge in [0.15, 0.2) is 0 Å². The molecule has 98 valence electrons. The molecule has 1 saturated carbocycles. The lowest BCUT2D eigenvalue weighted by Gasteiger charge is -2.14. The van der Waals surface area contributed by atoms with Gasteiger partial charge in [0.2, 0.25) is 0 Å². The number of nitrogens with two attached hydrogens (primary N) is 1. The summed E-state index contributed by atoms with van der Waals surface area (Å²) in [6.45, 7) is 0. The van der Waals surface area contributed by atoms with Crippen LogP contribution in [0.25, 0.3) is 0 Å². The molecule has 2 rings (SSSR count). The molecule has 2 nitrogen and oxygen atoms in total. The maximum Gasteiger partial charge on any atom is 0.0315 e. The number of nitrogens with zero attached hydrogens (tertiary/aromatic N) is 1. The van der Waals surface area contributed by atoms with Crippen molar-refractivity contribution in [3.8, 4) is 0 Å². The van der Waals surface area contributed by atoms with Crippen LogP contribution in [-0.2, 0) is 0 Å². The van der Waals surface area contributed by atoms with Crippen LogP contribution < -0.4 is 5.73 Å². The predicted octanol–water partition coefficient (Wildman–Crippen LogP) is 3.90. The van der Waals surface area contributed by atoms with E-state index in [1.807, 2.05) is 12.3 Å². The molecule has 1 aliphatic rings. The van der Waals surface area contributed by atoms with E-state index in [1.54, 1.807) is 6.20 Å². The van der Waals surface area contributed by atoms with Crippen LogP contribution in [0.2, 0.25) is 0 Å². The van der Waals surface area contributed by atoms with E-state index in [2.05, 4.69) is 11.1 Å². The molecule has 1 atom stereocenters. The Morgan fingerprint density at radius 1 is 1.29 bits per heavy atom. The van der Waals surface area contributed by atoms with Crippen molar-refractivity contribution in [2.45, 2.75) is 44.6 Å². The van der Waals surface area contributed by atoms with Gasteiger partial charge in [-0.15, -0.1) is 24.8 Å². The summed E-state index contributed by atoms with van der Waals surface area (Å²) in [4.78, 5) is 4.11. The molecule has 0 aromatic carbocycles. The molecule has 1 aromatic rings. The largest absolute Gasteiger partial charge is 0.324 e. The van der Waals surface area contributed by atoms with Gasteiger partial charge in [0.1, 0.15) is 0 Å². The Morgan fingerprint density at radius 3 is 2.59 bits per heavy atom. The first kappa shape index (κ1) is 16.7. The van der Waals surface area contributed by atoms with E-state index in [9.17, 15) is 0 Å². The molecule has 17 heavy (non-hydrogen) atoms. The molecule has 1 heterocycles. The normalized spacial score (nSPS) is 17.0. The average molecular weight is 277 g/mol. The molecule has 0 amide bonds. The zero-order chi connectivity index (χ0) is 10.5. The molecule has 0 saturated heterocycles. The van der Waals surface area contributed by atoms with Gasteiger partial charge in [0.05, 0.1) is 0 Å². The zero-order valence-electron chi connectivity index (χ0n) is 10.0. The van der Waals surface area contributed by atoms with Gasteiger partial charge in [-0.3, -0.25) is 4.98 Å². The van der Waals surface area contributed by atoms with Crippen LogP contribution in [0.3, 0.4) is 0 Å². The third-order valence-electron chi connectivity index (χ3n) is 3.47. The van der Waals surface area contributed by atoms with E-state index in [1.165, 1.54) is 37.7 Å². The Balaban J connectivity index is 0.00000128. The van der Waals surface area contributed by atoms with Crippen LogP contribution in [0.15, 0.2) is 24.5 Å². The number of pyridine rings is 1. The van der Waals surface area contributed by atoms with Crippen molar-refractivity contribution in [3.63, 3.8) is 0 Å². The molecule has 1 fully saturated rings. The molecule has 1 aliphatic carbocycles. The lowest BCUT2D eigenvalue weighted by Crippen LogP contribution is -2.11. The second-order valence-corrected chi connectivity index (χ2v) is 4.62. The van der Waals surface area contributed by atoms with Gasteiger partial charge in [-0.1, -0.05) is 31.7 Å². The first-order valence-corrected chi connectivity index (χ1v) is 6.02. The highest BCUT2D eigenvalue weighted by Gasteiger charge is 2.16. The van der Waals surface area contributed by atoms with E-state index in [4.69, 9.17) is 5.73 Å². The lowest BCUT2D eigenvalue weighted by atomic mass is 9.96. The third kappa shape index (κ3) is 5.24. The van der Waals surface area contributed by atoms with Crippen molar-refractivity contribution in [1.82, 2.24) is 4.98 Å².